The van der Waals surface area contributed by atoms with Gasteiger partial charge in [-0.25, -0.2) is 0 Å². The van der Waals surface area contributed by atoms with Gasteiger partial charge in [0.2, 0.25) is 0 Å². The summed E-state index contributed by atoms with van der Waals surface area (Å²) in [5.41, 5.74) is 2.43. The van der Waals surface area contributed by atoms with Gasteiger partial charge in [-0.3, -0.25) is 19.7 Å². The number of piperidine rings is 1. The van der Waals surface area contributed by atoms with E-state index in [-0.39, 0.29) is 5.92 Å². The van der Waals surface area contributed by atoms with E-state index in [1.165, 1.54) is 0 Å². The maximum absolute atomic E-state index is 12.0. The van der Waals surface area contributed by atoms with E-state index in [2.05, 4.69) is 26.7 Å². The minimum Gasteiger partial charge on any atom is -0.497 e. The lowest BCUT2D eigenvalue weighted by Crippen LogP contribution is -2.44. The second-order valence-electron chi connectivity index (χ2n) is 8.65. The normalized spacial score (nSPS) is 19.2. The number of methoxy groups -OCH3 is 1. The van der Waals surface area contributed by atoms with Crippen molar-refractivity contribution in [2.45, 2.75) is 25.4 Å². The van der Waals surface area contributed by atoms with E-state index >= 15 is 0 Å². The maximum Gasteiger partial charge on any atom is 0.308 e. The predicted molar refractivity (Wildman–Crippen MR) is 129 cm³/mol. The molecule has 3 atom stereocenters. The summed E-state index contributed by atoms with van der Waals surface area (Å²) in [4.78, 5) is 22.5. The van der Waals surface area contributed by atoms with Crippen molar-refractivity contribution in [1.82, 2.24) is 14.9 Å². The number of rotatable bonds is 7. The first kappa shape index (κ1) is 23.7. The largest absolute Gasteiger partial charge is 0.497 e. The summed E-state index contributed by atoms with van der Waals surface area (Å²) >= 11 is 0. The van der Waals surface area contributed by atoms with Gasteiger partial charge >= 0.3 is 5.97 Å². The summed E-state index contributed by atoms with van der Waals surface area (Å²) in [7, 11) is 1.61. The lowest BCUT2D eigenvalue weighted by atomic mass is 9.81. The standard InChI is InChI=1S/C27H29N3O4/c1-34-21-7-8-25-23(16-21)22(10-13-29-25)26(31)9-6-20-11-15-30(18-24(20)27(32)33)14-3-5-19-4-2-12-28-17-19/h2,4,7-8,10,12-13,16-17,20,24,26,31H,6,9,11,14-15,18H2,1H3,(H,32,33)/t20-,24+,26-/m1/s1. The molecule has 1 saturated heterocycles. The molecule has 3 heterocycles. The Bertz CT molecular complexity index is 1190. The number of benzene rings is 1. The number of aliphatic carboxylic acids is 1. The molecule has 0 bridgehead atoms. The SMILES string of the molecule is COc1ccc2nccc([C@H](O)CC[C@@H]3CCN(CC#Cc4cccnc4)C[C@@H]3C(=O)O)c2c1. The van der Waals surface area contributed by atoms with Crippen molar-refractivity contribution in [3.63, 3.8) is 0 Å². The lowest BCUT2D eigenvalue weighted by Gasteiger charge is -2.36. The van der Waals surface area contributed by atoms with Gasteiger partial charge in [0.15, 0.2) is 0 Å². The molecule has 0 aliphatic carbocycles. The van der Waals surface area contributed by atoms with Gasteiger partial charge in [-0.1, -0.05) is 11.8 Å². The van der Waals surface area contributed by atoms with E-state index in [0.29, 0.717) is 31.7 Å². The van der Waals surface area contributed by atoms with Crippen molar-refractivity contribution in [3.8, 4) is 17.6 Å². The highest BCUT2D eigenvalue weighted by Crippen LogP contribution is 2.33. The molecule has 34 heavy (non-hydrogen) atoms. The first-order chi connectivity index (χ1) is 16.5. The Labute approximate surface area is 199 Å². The predicted octanol–water partition coefficient (Wildman–Crippen LogP) is 3.53. The number of carboxylic acid groups (broad SMARTS) is 1. The van der Waals surface area contributed by atoms with Crippen LogP contribution in [0.2, 0.25) is 0 Å². The minimum absolute atomic E-state index is 0.0114. The molecule has 0 unspecified atom stereocenters. The molecule has 1 aromatic carbocycles. The first-order valence-electron chi connectivity index (χ1n) is 11.5. The van der Waals surface area contributed by atoms with E-state index in [1.807, 2.05) is 36.4 Å². The van der Waals surface area contributed by atoms with Crippen molar-refractivity contribution in [2.24, 2.45) is 11.8 Å². The van der Waals surface area contributed by atoms with Gasteiger partial charge in [0, 0.05) is 36.1 Å². The number of carboxylic acids is 1. The second kappa shape index (κ2) is 11.1. The zero-order chi connectivity index (χ0) is 23.9. The van der Waals surface area contributed by atoms with Crippen molar-refractivity contribution >= 4 is 16.9 Å². The molecule has 7 nitrogen and oxygen atoms in total. The van der Waals surface area contributed by atoms with Crippen molar-refractivity contribution < 1.29 is 19.7 Å². The number of carbonyl (C=O) groups is 1. The summed E-state index contributed by atoms with van der Waals surface area (Å²) < 4.78 is 5.32. The Hall–Kier alpha value is -3.47. The van der Waals surface area contributed by atoms with E-state index < -0.39 is 18.0 Å². The number of nitrogens with zero attached hydrogens (tertiary/aromatic N) is 3. The fourth-order valence-corrected chi connectivity index (χ4v) is 4.62. The minimum atomic E-state index is -0.788. The number of ether oxygens (including phenoxy) is 1. The zero-order valence-electron chi connectivity index (χ0n) is 19.2. The van der Waals surface area contributed by atoms with Crippen molar-refractivity contribution in [3.05, 3.63) is 66.1 Å². The number of aliphatic hydroxyl groups is 1. The van der Waals surface area contributed by atoms with E-state index in [9.17, 15) is 15.0 Å². The smallest absolute Gasteiger partial charge is 0.308 e. The van der Waals surface area contributed by atoms with Crippen LogP contribution in [0.5, 0.6) is 5.75 Å². The quantitative estimate of drug-likeness (QED) is 0.522. The third kappa shape index (κ3) is 5.71. The Kier molecular flexibility index (Phi) is 7.73. The summed E-state index contributed by atoms with van der Waals surface area (Å²) in [6.07, 6.45) is 6.31. The molecule has 0 spiro atoms. The Morgan fingerprint density at radius 2 is 2.18 bits per heavy atom. The molecule has 2 N–H and O–H groups in total. The molecule has 1 aliphatic rings. The van der Waals surface area contributed by atoms with Crippen LogP contribution in [-0.2, 0) is 4.79 Å². The summed E-state index contributed by atoms with van der Waals surface area (Å²) in [6, 6.07) is 11.2. The highest BCUT2D eigenvalue weighted by Gasteiger charge is 2.34. The number of aromatic nitrogens is 2. The fraction of sp³-hybridized carbons (Fsp3) is 0.370. The van der Waals surface area contributed by atoms with Gasteiger partial charge in [-0.05, 0) is 73.7 Å². The molecular weight excluding hydrogens is 430 g/mol. The van der Waals surface area contributed by atoms with Gasteiger partial charge < -0.3 is 14.9 Å². The highest BCUT2D eigenvalue weighted by atomic mass is 16.5. The molecule has 3 aromatic rings. The zero-order valence-corrected chi connectivity index (χ0v) is 19.2. The van der Waals surface area contributed by atoms with Crippen LogP contribution < -0.4 is 4.74 Å². The second-order valence-corrected chi connectivity index (χ2v) is 8.65. The average molecular weight is 460 g/mol. The molecule has 1 aliphatic heterocycles. The van der Waals surface area contributed by atoms with Crippen LogP contribution in [0.15, 0.2) is 55.0 Å². The highest BCUT2D eigenvalue weighted by molar-refractivity contribution is 5.83. The van der Waals surface area contributed by atoms with E-state index in [1.54, 1.807) is 25.7 Å². The van der Waals surface area contributed by atoms with Crippen LogP contribution in [0, 0.1) is 23.7 Å². The molecule has 2 aromatic heterocycles. The number of likely N-dealkylation sites (tertiary alicyclic amines) is 1. The molecule has 0 saturated carbocycles. The average Bonchev–Trinajstić information content (AvgIpc) is 2.87. The molecule has 4 rings (SSSR count). The molecular formula is C27H29N3O4. The van der Waals surface area contributed by atoms with Crippen molar-refractivity contribution in [2.75, 3.05) is 26.7 Å². The topological polar surface area (TPSA) is 95.8 Å². The van der Waals surface area contributed by atoms with Crippen LogP contribution in [-0.4, -0.2) is 57.8 Å². The number of fused-ring (bicyclic) bond motifs is 1. The fourth-order valence-electron chi connectivity index (χ4n) is 4.62. The van der Waals surface area contributed by atoms with Crippen molar-refractivity contribution in [1.29, 1.82) is 0 Å². The maximum atomic E-state index is 12.0. The van der Waals surface area contributed by atoms with Crippen LogP contribution in [0.4, 0.5) is 0 Å². The van der Waals surface area contributed by atoms with Gasteiger partial charge in [-0.15, -0.1) is 0 Å². The summed E-state index contributed by atoms with van der Waals surface area (Å²) in [5, 5.41) is 21.7. The molecule has 0 radical (unpaired) electrons. The first-order valence-corrected chi connectivity index (χ1v) is 11.5. The number of hydrogen-bond acceptors (Lipinski definition) is 6. The Morgan fingerprint density at radius 3 is 2.94 bits per heavy atom. The van der Waals surface area contributed by atoms with E-state index in [4.69, 9.17) is 4.74 Å². The van der Waals surface area contributed by atoms with Crippen LogP contribution in [0.3, 0.4) is 0 Å². The number of aliphatic hydroxyl groups excluding tert-OH is 1. The number of hydrogen-bond donors (Lipinski definition) is 2. The molecule has 0 amide bonds. The van der Waals surface area contributed by atoms with Gasteiger partial charge in [0.1, 0.15) is 5.75 Å². The Balaban J connectivity index is 1.38. The summed E-state index contributed by atoms with van der Waals surface area (Å²) in [5.74, 6) is 5.66. The van der Waals surface area contributed by atoms with Gasteiger partial charge in [-0.2, -0.15) is 0 Å². The van der Waals surface area contributed by atoms with Gasteiger partial charge in [0.25, 0.3) is 0 Å². The monoisotopic (exact) mass is 459 g/mol. The van der Waals surface area contributed by atoms with Crippen LogP contribution in [0.25, 0.3) is 10.9 Å². The lowest BCUT2D eigenvalue weighted by molar-refractivity contribution is -0.146. The van der Waals surface area contributed by atoms with Crippen LogP contribution >= 0.6 is 0 Å². The van der Waals surface area contributed by atoms with E-state index in [0.717, 1.165) is 35.0 Å². The molecule has 176 valence electrons. The van der Waals surface area contributed by atoms with Gasteiger partial charge in [0.05, 0.1) is 31.2 Å². The summed E-state index contributed by atoms with van der Waals surface area (Å²) in [6.45, 7) is 1.79. The Morgan fingerprint density at radius 1 is 1.29 bits per heavy atom. The number of pyridine rings is 2. The third-order valence-corrected chi connectivity index (χ3v) is 6.51. The molecule has 7 heteroatoms. The van der Waals surface area contributed by atoms with Crippen LogP contribution in [0.1, 0.15) is 36.5 Å². The third-order valence-electron chi connectivity index (χ3n) is 6.51. The molecule has 1 fully saturated rings.